The summed E-state index contributed by atoms with van der Waals surface area (Å²) in [5.41, 5.74) is 0.0977. The summed E-state index contributed by atoms with van der Waals surface area (Å²) in [5.74, 6) is -2.07. The van der Waals surface area contributed by atoms with Crippen LogP contribution in [0.3, 0.4) is 0 Å². The number of carbonyl (C=O) groups excluding carboxylic acids is 1. The van der Waals surface area contributed by atoms with Crippen molar-refractivity contribution in [3.63, 3.8) is 0 Å². The summed E-state index contributed by atoms with van der Waals surface area (Å²) in [7, 11) is 0.393. The van der Waals surface area contributed by atoms with Gasteiger partial charge in [0, 0.05) is 33.8 Å². The number of amides is 1. The van der Waals surface area contributed by atoms with Crippen LogP contribution >= 0.6 is 0 Å². The van der Waals surface area contributed by atoms with Gasteiger partial charge in [-0.15, -0.1) is 0 Å². The Morgan fingerprint density at radius 3 is 2.32 bits per heavy atom. The Morgan fingerprint density at radius 2 is 1.86 bits per heavy atom. The number of hydrogen-bond donors (Lipinski definition) is 1. The molecule has 0 spiro atoms. The molecule has 1 heterocycles. The van der Waals surface area contributed by atoms with Gasteiger partial charge in [-0.2, -0.15) is 0 Å². The Hall–Kier alpha value is -1.87. The molecule has 1 amide bonds. The lowest BCUT2D eigenvalue weighted by Gasteiger charge is -2.18. The van der Waals surface area contributed by atoms with Crippen LogP contribution in [0.5, 0.6) is 0 Å². The summed E-state index contributed by atoms with van der Waals surface area (Å²) in [6.07, 6.45) is 0. The van der Waals surface area contributed by atoms with E-state index in [2.05, 4.69) is 0 Å². The van der Waals surface area contributed by atoms with E-state index in [0.29, 0.717) is 0 Å². The Labute approximate surface area is 129 Å². The van der Waals surface area contributed by atoms with Gasteiger partial charge in [0.15, 0.2) is 0 Å². The second-order valence-electron chi connectivity index (χ2n) is 5.25. The van der Waals surface area contributed by atoms with Gasteiger partial charge in [-0.1, -0.05) is 6.92 Å². The quantitative estimate of drug-likeness (QED) is 0.818. The molecule has 0 aromatic carbocycles. The van der Waals surface area contributed by atoms with Gasteiger partial charge >= 0.3 is 5.97 Å². The molecule has 9 heteroatoms. The van der Waals surface area contributed by atoms with Gasteiger partial charge in [0.25, 0.3) is 15.9 Å². The molecule has 22 heavy (non-hydrogen) atoms. The van der Waals surface area contributed by atoms with Crippen molar-refractivity contribution in [2.75, 3.05) is 27.7 Å². The zero-order valence-corrected chi connectivity index (χ0v) is 14.0. The molecule has 0 aliphatic rings. The van der Waals surface area contributed by atoms with E-state index < -0.39 is 27.8 Å². The first-order valence-corrected chi connectivity index (χ1v) is 7.93. The number of aryl methyl sites for hydroxylation is 1. The third kappa shape index (κ3) is 3.66. The topological polar surface area (TPSA) is 108 Å². The molecule has 8 nitrogen and oxygen atoms in total. The largest absolute Gasteiger partial charge is 0.481 e. The van der Waals surface area contributed by atoms with E-state index in [9.17, 15) is 18.0 Å². The van der Waals surface area contributed by atoms with Gasteiger partial charge in [0.05, 0.1) is 11.5 Å². The van der Waals surface area contributed by atoms with Crippen LogP contribution in [0.2, 0.25) is 0 Å². The minimum atomic E-state index is -3.77. The number of aliphatic carboxylic acids is 1. The Kier molecular flexibility index (Phi) is 5.36. The molecule has 0 aliphatic carbocycles. The highest BCUT2D eigenvalue weighted by Gasteiger charge is 2.27. The van der Waals surface area contributed by atoms with Crippen LogP contribution in [0.15, 0.2) is 15.6 Å². The number of hydrogen-bond acceptors (Lipinski definition) is 5. The molecule has 1 unspecified atom stereocenters. The van der Waals surface area contributed by atoms with Gasteiger partial charge in [0.1, 0.15) is 5.76 Å². The molecule has 1 N–H and O–H groups in total. The maximum Gasteiger partial charge on any atom is 0.308 e. The van der Waals surface area contributed by atoms with E-state index in [4.69, 9.17) is 9.52 Å². The van der Waals surface area contributed by atoms with Crippen LogP contribution in [-0.4, -0.2) is 62.3 Å². The number of rotatable bonds is 6. The van der Waals surface area contributed by atoms with Crippen LogP contribution in [0, 0.1) is 12.8 Å². The second-order valence-corrected chi connectivity index (χ2v) is 7.33. The van der Waals surface area contributed by atoms with E-state index in [1.165, 1.54) is 39.9 Å². The molecule has 0 aliphatic heterocycles. The summed E-state index contributed by atoms with van der Waals surface area (Å²) in [6, 6.07) is 1.16. The van der Waals surface area contributed by atoms with E-state index in [0.717, 1.165) is 10.4 Å². The molecule has 0 bridgehead atoms. The fourth-order valence-corrected chi connectivity index (χ4v) is 2.61. The summed E-state index contributed by atoms with van der Waals surface area (Å²) in [5, 5.41) is 8.55. The summed E-state index contributed by atoms with van der Waals surface area (Å²) in [4.78, 5) is 24.4. The number of carbonyl (C=O) groups is 2. The first-order valence-electron chi connectivity index (χ1n) is 6.49. The van der Waals surface area contributed by atoms with Gasteiger partial charge in [-0.05, 0) is 6.92 Å². The van der Waals surface area contributed by atoms with E-state index in [-0.39, 0.29) is 23.0 Å². The summed E-state index contributed by atoms with van der Waals surface area (Å²) in [6.45, 7) is 2.97. The second kappa shape index (κ2) is 6.49. The van der Waals surface area contributed by atoms with Crippen molar-refractivity contribution in [2.24, 2.45) is 5.92 Å². The highest BCUT2D eigenvalue weighted by Crippen LogP contribution is 2.22. The minimum absolute atomic E-state index is 0.00848. The Bertz CT molecular complexity index is 677. The average Bonchev–Trinajstić information content (AvgIpc) is 2.79. The van der Waals surface area contributed by atoms with Crippen molar-refractivity contribution < 1.29 is 27.5 Å². The van der Waals surface area contributed by atoms with Crippen LogP contribution in [0.4, 0.5) is 0 Å². The zero-order chi connectivity index (χ0) is 17.2. The maximum atomic E-state index is 12.3. The number of sulfonamides is 1. The maximum absolute atomic E-state index is 12.3. The lowest BCUT2D eigenvalue weighted by Crippen LogP contribution is -2.33. The molecule has 1 aromatic heterocycles. The molecule has 0 fully saturated rings. The van der Waals surface area contributed by atoms with E-state index in [1.807, 2.05) is 0 Å². The summed E-state index contributed by atoms with van der Waals surface area (Å²) >= 11 is 0. The normalized spacial score (nSPS) is 13.2. The standard InChI is InChI=1S/C13H20N2O6S/c1-8(13(17)18)7-15(5)12(16)10-6-11(21-9(10)2)22(19,20)14(3)4/h6,8H,7H2,1-5H3,(H,17,18). The van der Waals surface area contributed by atoms with Crippen molar-refractivity contribution in [3.8, 4) is 0 Å². The average molecular weight is 332 g/mol. The lowest BCUT2D eigenvalue weighted by atomic mass is 10.1. The molecule has 0 saturated heterocycles. The highest BCUT2D eigenvalue weighted by atomic mass is 32.2. The molecule has 1 rings (SSSR count). The van der Waals surface area contributed by atoms with E-state index >= 15 is 0 Å². The minimum Gasteiger partial charge on any atom is -0.481 e. The molecule has 1 aromatic rings. The predicted octanol–water partition coefficient (Wildman–Crippen LogP) is 0.631. The van der Waals surface area contributed by atoms with E-state index in [1.54, 1.807) is 0 Å². The van der Waals surface area contributed by atoms with Crippen LogP contribution < -0.4 is 0 Å². The number of carboxylic acid groups (broad SMARTS) is 1. The van der Waals surface area contributed by atoms with Gasteiger partial charge in [0.2, 0.25) is 5.09 Å². The van der Waals surface area contributed by atoms with Crippen LogP contribution in [0.1, 0.15) is 23.0 Å². The number of nitrogens with zero attached hydrogens (tertiary/aromatic N) is 2. The lowest BCUT2D eigenvalue weighted by molar-refractivity contribution is -0.141. The molecule has 0 saturated carbocycles. The third-order valence-corrected chi connectivity index (χ3v) is 4.85. The van der Waals surface area contributed by atoms with Gasteiger partial charge in [-0.3, -0.25) is 9.59 Å². The predicted molar refractivity (Wildman–Crippen MR) is 78.1 cm³/mol. The molecule has 124 valence electrons. The fraction of sp³-hybridized carbons (Fsp3) is 0.538. The van der Waals surface area contributed by atoms with Crippen molar-refractivity contribution in [1.82, 2.24) is 9.21 Å². The highest BCUT2D eigenvalue weighted by molar-refractivity contribution is 7.88. The van der Waals surface area contributed by atoms with Crippen molar-refractivity contribution in [1.29, 1.82) is 0 Å². The number of furan rings is 1. The van der Waals surface area contributed by atoms with Crippen LogP contribution in [-0.2, 0) is 14.8 Å². The molecule has 0 radical (unpaired) electrons. The third-order valence-electron chi connectivity index (χ3n) is 3.18. The fourth-order valence-electron chi connectivity index (χ4n) is 1.75. The molecule has 1 atom stereocenters. The molecular formula is C13H20N2O6S. The van der Waals surface area contributed by atoms with Crippen molar-refractivity contribution in [2.45, 2.75) is 18.9 Å². The first kappa shape index (κ1) is 18.2. The monoisotopic (exact) mass is 332 g/mol. The van der Waals surface area contributed by atoms with Gasteiger partial charge < -0.3 is 14.4 Å². The Morgan fingerprint density at radius 1 is 1.32 bits per heavy atom. The molecular weight excluding hydrogens is 312 g/mol. The first-order chi connectivity index (χ1) is 9.98. The van der Waals surface area contributed by atoms with Crippen molar-refractivity contribution in [3.05, 3.63) is 17.4 Å². The Balaban J connectivity index is 3.06. The zero-order valence-electron chi connectivity index (χ0n) is 13.2. The number of carboxylic acids is 1. The smallest absolute Gasteiger partial charge is 0.308 e. The SMILES string of the molecule is Cc1oc(S(=O)(=O)N(C)C)cc1C(=O)N(C)CC(C)C(=O)O. The summed E-state index contributed by atoms with van der Waals surface area (Å²) < 4.78 is 30.1. The van der Waals surface area contributed by atoms with Crippen LogP contribution in [0.25, 0.3) is 0 Å². The van der Waals surface area contributed by atoms with Crippen molar-refractivity contribution >= 4 is 21.9 Å². The van der Waals surface area contributed by atoms with Gasteiger partial charge in [-0.25, -0.2) is 12.7 Å².